The lowest BCUT2D eigenvalue weighted by molar-refractivity contribution is 0.0256. The molecule has 4 aromatic rings. The van der Waals surface area contributed by atoms with Crippen molar-refractivity contribution >= 4 is 22.1 Å². The predicted molar refractivity (Wildman–Crippen MR) is 154 cm³/mol. The van der Waals surface area contributed by atoms with Crippen molar-refractivity contribution in [3.8, 4) is 11.6 Å². The molecule has 0 bridgehead atoms. The summed E-state index contributed by atoms with van der Waals surface area (Å²) in [6, 6.07) is 12.1. The predicted octanol–water partition coefficient (Wildman–Crippen LogP) is 4.89. The van der Waals surface area contributed by atoms with Crippen molar-refractivity contribution in [1.82, 2.24) is 24.7 Å². The van der Waals surface area contributed by atoms with E-state index in [0.717, 1.165) is 12.3 Å². The fourth-order valence-electron chi connectivity index (χ4n) is 5.42. The Hall–Kier alpha value is -4.72. The molecule has 0 saturated carbocycles. The second-order valence-electron chi connectivity index (χ2n) is 10.7. The highest BCUT2D eigenvalue weighted by Crippen LogP contribution is 2.32. The van der Waals surface area contributed by atoms with Crippen LogP contribution in [-0.2, 0) is 15.6 Å². The van der Waals surface area contributed by atoms with Crippen LogP contribution in [0.3, 0.4) is 0 Å². The standard InChI is InChI=1S/C30H27F3N6O4S/c1-18-29(44(41,42)17-20-6-4-3-5-7-20)19(2)38(36-18)28-13-27(25(33)14-34-28)43-24-15-37(16-24)30(40)39-26(8-9-35-39)21-10-22(31)12-23(32)11-21/h3-7,9-14,24,26H,8,15-17H2,1-2H3. The van der Waals surface area contributed by atoms with E-state index in [4.69, 9.17) is 4.74 Å². The number of hydrazone groups is 1. The van der Waals surface area contributed by atoms with E-state index in [9.17, 15) is 26.4 Å². The molecule has 44 heavy (non-hydrogen) atoms. The van der Waals surface area contributed by atoms with Gasteiger partial charge in [-0.15, -0.1) is 0 Å². The number of aromatic nitrogens is 3. The molecule has 4 heterocycles. The Morgan fingerprint density at radius 2 is 1.73 bits per heavy atom. The second kappa shape index (κ2) is 11.4. The highest BCUT2D eigenvalue weighted by molar-refractivity contribution is 7.90. The molecule has 2 aromatic heterocycles. The average molecular weight is 625 g/mol. The van der Waals surface area contributed by atoms with Crippen molar-refractivity contribution in [3.63, 3.8) is 0 Å². The van der Waals surface area contributed by atoms with E-state index in [2.05, 4.69) is 15.2 Å². The van der Waals surface area contributed by atoms with Gasteiger partial charge in [0.1, 0.15) is 22.6 Å². The van der Waals surface area contributed by atoms with Crippen LogP contribution in [0, 0.1) is 31.3 Å². The Labute approximate surface area is 251 Å². The summed E-state index contributed by atoms with van der Waals surface area (Å²) in [6.07, 6.45) is 2.21. The third kappa shape index (κ3) is 5.64. The molecule has 2 amide bonds. The normalized spacial score (nSPS) is 16.8. The van der Waals surface area contributed by atoms with Crippen molar-refractivity contribution in [3.05, 3.63) is 101 Å². The number of carbonyl (C=O) groups is 1. The summed E-state index contributed by atoms with van der Waals surface area (Å²) in [4.78, 5) is 18.7. The lowest BCUT2D eigenvalue weighted by Crippen LogP contribution is -2.58. The number of likely N-dealkylation sites (tertiary alicyclic amines) is 1. The molecule has 2 aliphatic rings. The molecule has 0 radical (unpaired) electrons. The summed E-state index contributed by atoms with van der Waals surface area (Å²) in [5.41, 5.74) is 1.53. The molecule has 0 N–H and O–H groups in total. The van der Waals surface area contributed by atoms with Crippen LogP contribution < -0.4 is 4.74 Å². The van der Waals surface area contributed by atoms with Gasteiger partial charge in [0.2, 0.25) is 0 Å². The summed E-state index contributed by atoms with van der Waals surface area (Å²) < 4.78 is 76.0. The zero-order valence-corrected chi connectivity index (χ0v) is 24.5. The number of halogens is 3. The number of hydrogen-bond acceptors (Lipinski definition) is 7. The minimum Gasteiger partial charge on any atom is -0.483 e. The van der Waals surface area contributed by atoms with Crippen LogP contribution in [0.5, 0.6) is 5.75 Å². The molecule has 1 saturated heterocycles. The molecular weight excluding hydrogens is 597 g/mol. The maximum atomic E-state index is 14.7. The van der Waals surface area contributed by atoms with Gasteiger partial charge in [-0.25, -0.2) is 41.1 Å². The highest BCUT2D eigenvalue weighted by Gasteiger charge is 2.39. The number of benzene rings is 2. The SMILES string of the molecule is Cc1nn(-c2cc(OC3CN(C(=O)N4N=CCC4c4cc(F)cc(F)c4)C3)c(F)cn2)c(C)c1S(=O)(=O)Cc1ccccc1. The van der Waals surface area contributed by atoms with Gasteiger partial charge in [-0.2, -0.15) is 10.2 Å². The molecule has 2 aromatic carbocycles. The Morgan fingerprint density at radius 3 is 2.43 bits per heavy atom. The number of pyridine rings is 1. The van der Waals surface area contributed by atoms with Crippen LogP contribution in [-0.4, -0.2) is 64.5 Å². The quantitative estimate of drug-likeness (QED) is 0.290. The summed E-state index contributed by atoms with van der Waals surface area (Å²) in [6.45, 7) is 3.43. The first kappa shape index (κ1) is 29.4. The molecule has 6 rings (SSSR count). The molecule has 10 nitrogen and oxygen atoms in total. The number of rotatable bonds is 7. The number of urea groups is 1. The lowest BCUT2D eigenvalue weighted by Gasteiger charge is -2.41. The van der Waals surface area contributed by atoms with Crippen molar-refractivity contribution in [1.29, 1.82) is 0 Å². The Kier molecular flexibility index (Phi) is 7.61. The van der Waals surface area contributed by atoms with E-state index < -0.39 is 45.5 Å². The van der Waals surface area contributed by atoms with Crippen LogP contribution in [0.15, 0.2) is 70.8 Å². The van der Waals surface area contributed by atoms with Gasteiger partial charge in [-0.1, -0.05) is 30.3 Å². The third-order valence-corrected chi connectivity index (χ3v) is 9.39. The first-order valence-corrected chi connectivity index (χ1v) is 15.4. The number of hydrogen-bond donors (Lipinski definition) is 0. The number of nitrogens with zero attached hydrogens (tertiary/aromatic N) is 6. The number of carbonyl (C=O) groups excluding carboxylic acids is 1. The zero-order valence-electron chi connectivity index (χ0n) is 23.7. The average Bonchev–Trinajstić information content (AvgIpc) is 3.55. The molecular formula is C30H27F3N6O4S. The van der Waals surface area contributed by atoms with E-state index in [0.29, 0.717) is 17.7 Å². The van der Waals surface area contributed by atoms with E-state index in [1.165, 1.54) is 39.0 Å². The topological polar surface area (TPSA) is 110 Å². The molecule has 14 heteroatoms. The molecule has 1 fully saturated rings. The minimum atomic E-state index is -3.75. The molecule has 0 aliphatic carbocycles. The number of sulfone groups is 1. The van der Waals surface area contributed by atoms with Crippen LogP contribution >= 0.6 is 0 Å². The smallest absolute Gasteiger partial charge is 0.341 e. The first-order valence-electron chi connectivity index (χ1n) is 13.7. The van der Waals surface area contributed by atoms with Gasteiger partial charge in [0.15, 0.2) is 27.2 Å². The Morgan fingerprint density at radius 1 is 1.02 bits per heavy atom. The summed E-state index contributed by atoms with van der Waals surface area (Å²) in [5.74, 6) is -2.42. The monoisotopic (exact) mass is 624 g/mol. The van der Waals surface area contributed by atoms with Gasteiger partial charge in [-0.3, -0.25) is 0 Å². The molecule has 1 atom stereocenters. The number of aryl methyl sites for hydroxylation is 1. The third-order valence-electron chi connectivity index (χ3n) is 7.47. The van der Waals surface area contributed by atoms with Gasteiger partial charge < -0.3 is 9.64 Å². The van der Waals surface area contributed by atoms with Gasteiger partial charge in [0.25, 0.3) is 0 Å². The van der Waals surface area contributed by atoms with Gasteiger partial charge in [0.05, 0.1) is 42.5 Å². The first-order chi connectivity index (χ1) is 21.0. The van der Waals surface area contributed by atoms with Gasteiger partial charge in [-0.05, 0) is 37.1 Å². The maximum absolute atomic E-state index is 14.7. The van der Waals surface area contributed by atoms with Crippen molar-refractivity contribution < 1.29 is 31.1 Å². The van der Waals surface area contributed by atoms with Crippen LogP contribution in [0.1, 0.15) is 35.0 Å². The van der Waals surface area contributed by atoms with Gasteiger partial charge >= 0.3 is 6.03 Å². The maximum Gasteiger partial charge on any atom is 0.341 e. The zero-order chi connectivity index (χ0) is 31.2. The van der Waals surface area contributed by atoms with Crippen LogP contribution in [0.25, 0.3) is 5.82 Å². The van der Waals surface area contributed by atoms with Crippen molar-refractivity contribution in [2.75, 3.05) is 13.1 Å². The summed E-state index contributed by atoms with van der Waals surface area (Å²) >= 11 is 0. The second-order valence-corrected chi connectivity index (χ2v) is 12.6. The van der Waals surface area contributed by atoms with Crippen molar-refractivity contribution in [2.24, 2.45) is 5.10 Å². The van der Waals surface area contributed by atoms with Crippen LogP contribution in [0.4, 0.5) is 18.0 Å². The molecule has 1 unspecified atom stereocenters. The van der Waals surface area contributed by atoms with Gasteiger partial charge in [0, 0.05) is 24.8 Å². The Balaban J connectivity index is 1.14. The molecule has 228 valence electrons. The number of ether oxygens (including phenoxy) is 1. The van der Waals surface area contributed by atoms with Crippen molar-refractivity contribution in [2.45, 2.75) is 43.1 Å². The van der Waals surface area contributed by atoms with E-state index in [-0.39, 0.29) is 46.6 Å². The van der Waals surface area contributed by atoms with E-state index in [1.54, 1.807) is 44.2 Å². The van der Waals surface area contributed by atoms with E-state index >= 15 is 0 Å². The lowest BCUT2D eigenvalue weighted by atomic mass is 10.0. The fraction of sp³-hybridized carbons (Fsp3) is 0.267. The van der Waals surface area contributed by atoms with Crippen LogP contribution in [0.2, 0.25) is 0 Å². The summed E-state index contributed by atoms with van der Waals surface area (Å²) in [7, 11) is -3.75. The van der Waals surface area contributed by atoms with E-state index in [1.807, 2.05) is 0 Å². The summed E-state index contributed by atoms with van der Waals surface area (Å²) in [5, 5.41) is 9.63. The molecule has 2 aliphatic heterocycles. The highest BCUT2D eigenvalue weighted by atomic mass is 32.2. The largest absolute Gasteiger partial charge is 0.483 e. The molecule has 0 spiro atoms. The Bertz CT molecular complexity index is 1860. The number of amides is 2. The fourth-order valence-corrected chi connectivity index (χ4v) is 7.22. The minimum absolute atomic E-state index is 0.0759.